The number of nitrogens with one attached hydrogen (secondary N) is 2. The second-order valence-corrected chi connectivity index (χ2v) is 5.35. The third kappa shape index (κ3) is 2.99. The molecule has 2 N–H and O–H groups in total. The number of rotatable bonds is 3. The number of likely N-dealkylation sites (N-methyl/N-ethyl adjacent to an activating group) is 1. The average Bonchev–Trinajstić information content (AvgIpc) is 2.90. The van der Waals surface area contributed by atoms with Gasteiger partial charge in [-0.15, -0.1) is 0 Å². The summed E-state index contributed by atoms with van der Waals surface area (Å²) in [5, 5.41) is 5.05. The Morgan fingerprint density at radius 2 is 1.83 bits per heavy atom. The second-order valence-electron chi connectivity index (χ2n) is 5.35. The fraction of sp³-hybridized carbons (Fsp3) is 0.167. The first-order valence-corrected chi connectivity index (χ1v) is 7.74. The summed E-state index contributed by atoms with van der Waals surface area (Å²) in [4.78, 5) is 27.8. The molecule has 0 aliphatic heterocycles. The Balaban J connectivity index is 1.94. The number of benzene rings is 2. The van der Waals surface area contributed by atoms with Gasteiger partial charge >= 0.3 is 11.8 Å². The minimum atomic E-state index is -0.685. The molecule has 0 atom stereocenters. The van der Waals surface area contributed by atoms with Crippen molar-refractivity contribution in [1.82, 2.24) is 14.9 Å². The van der Waals surface area contributed by atoms with Gasteiger partial charge < -0.3 is 10.6 Å². The van der Waals surface area contributed by atoms with Crippen molar-refractivity contribution in [3.05, 3.63) is 54.4 Å². The van der Waals surface area contributed by atoms with Crippen molar-refractivity contribution in [2.45, 2.75) is 13.8 Å². The molecule has 6 nitrogen and oxygen atoms in total. The Labute approximate surface area is 139 Å². The molecule has 0 unspecified atom stereocenters. The van der Waals surface area contributed by atoms with Gasteiger partial charge in [0.15, 0.2) is 0 Å². The lowest BCUT2D eigenvalue weighted by molar-refractivity contribution is -0.136. The number of carbonyl (C=O) groups is 2. The first kappa shape index (κ1) is 15.7. The largest absolute Gasteiger partial charge is 0.348 e. The van der Waals surface area contributed by atoms with Crippen LogP contribution in [0.25, 0.3) is 16.7 Å². The molecule has 0 spiro atoms. The van der Waals surface area contributed by atoms with E-state index < -0.39 is 11.8 Å². The van der Waals surface area contributed by atoms with E-state index in [9.17, 15) is 9.59 Å². The smallest absolute Gasteiger partial charge is 0.313 e. The zero-order valence-corrected chi connectivity index (χ0v) is 13.5. The maximum Gasteiger partial charge on any atom is 0.313 e. The Hall–Kier alpha value is -3.15. The maximum atomic E-state index is 11.8. The second kappa shape index (κ2) is 6.54. The SMILES string of the molecule is CCNC(=O)C(=O)Nc1ccc2c(c1)nc(C)n2-c1ccccc1. The Morgan fingerprint density at radius 3 is 2.54 bits per heavy atom. The molecular formula is C18H18N4O2. The summed E-state index contributed by atoms with van der Waals surface area (Å²) in [6.07, 6.45) is 0. The number of aryl methyl sites for hydroxylation is 1. The van der Waals surface area contributed by atoms with E-state index in [1.165, 1.54) is 0 Å². The zero-order chi connectivity index (χ0) is 17.1. The van der Waals surface area contributed by atoms with Crippen molar-refractivity contribution in [1.29, 1.82) is 0 Å². The van der Waals surface area contributed by atoms with Gasteiger partial charge in [0.1, 0.15) is 5.82 Å². The van der Waals surface area contributed by atoms with E-state index in [1.54, 1.807) is 19.1 Å². The number of para-hydroxylation sites is 1. The molecule has 0 aliphatic rings. The number of hydrogen-bond donors (Lipinski definition) is 2. The molecule has 24 heavy (non-hydrogen) atoms. The predicted octanol–water partition coefficient (Wildman–Crippen LogP) is 2.41. The predicted molar refractivity (Wildman–Crippen MR) is 93.1 cm³/mol. The standard InChI is InChI=1S/C18H18N4O2/c1-3-19-17(23)18(24)21-13-9-10-16-15(11-13)20-12(2)22(16)14-7-5-4-6-8-14/h4-11H,3H2,1-2H3,(H,19,23)(H,21,24). The minimum absolute atomic E-state index is 0.409. The number of aromatic nitrogens is 2. The van der Waals surface area contributed by atoms with E-state index in [2.05, 4.69) is 15.6 Å². The van der Waals surface area contributed by atoms with Crippen LogP contribution in [0.3, 0.4) is 0 Å². The molecule has 0 saturated heterocycles. The zero-order valence-electron chi connectivity index (χ0n) is 13.5. The number of imidazole rings is 1. The van der Waals surface area contributed by atoms with Gasteiger partial charge in [0.05, 0.1) is 11.0 Å². The van der Waals surface area contributed by atoms with Crippen LogP contribution in [0.15, 0.2) is 48.5 Å². The van der Waals surface area contributed by atoms with Gasteiger partial charge in [0.25, 0.3) is 0 Å². The summed E-state index contributed by atoms with van der Waals surface area (Å²) in [6.45, 7) is 4.10. The summed E-state index contributed by atoms with van der Waals surface area (Å²) in [6, 6.07) is 15.3. The van der Waals surface area contributed by atoms with E-state index >= 15 is 0 Å². The molecule has 0 aliphatic carbocycles. The Kier molecular flexibility index (Phi) is 4.29. The molecule has 6 heteroatoms. The number of nitrogens with zero attached hydrogens (tertiary/aromatic N) is 2. The van der Waals surface area contributed by atoms with Crippen LogP contribution in [0, 0.1) is 6.92 Å². The fourth-order valence-corrected chi connectivity index (χ4v) is 2.61. The quantitative estimate of drug-likeness (QED) is 0.727. The van der Waals surface area contributed by atoms with E-state index in [0.717, 1.165) is 22.5 Å². The maximum absolute atomic E-state index is 11.8. The third-order valence-corrected chi connectivity index (χ3v) is 3.64. The summed E-state index contributed by atoms with van der Waals surface area (Å²) in [7, 11) is 0. The van der Waals surface area contributed by atoms with Crippen molar-refractivity contribution < 1.29 is 9.59 Å². The van der Waals surface area contributed by atoms with Crippen molar-refractivity contribution in [3.63, 3.8) is 0 Å². The molecule has 1 heterocycles. The van der Waals surface area contributed by atoms with Crippen LogP contribution in [0.5, 0.6) is 0 Å². The van der Waals surface area contributed by atoms with Crippen LogP contribution in [0.1, 0.15) is 12.7 Å². The summed E-state index contributed by atoms with van der Waals surface area (Å²) in [5.74, 6) is -0.484. The van der Waals surface area contributed by atoms with Gasteiger partial charge in [0, 0.05) is 17.9 Å². The Morgan fingerprint density at radius 1 is 1.08 bits per heavy atom. The average molecular weight is 322 g/mol. The van der Waals surface area contributed by atoms with Gasteiger partial charge in [-0.05, 0) is 44.2 Å². The number of hydrogen-bond acceptors (Lipinski definition) is 3. The van der Waals surface area contributed by atoms with Gasteiger partial charge in [-0.2, -0.15) is 0 Å². The lowest BCUT2D eigenvalue weighted by Crippen LogP contribution is -2.35. The number of fused-ring (bicyclic) bond motifs is 1. The molecule has 0 radical (unpaired) electrons. The van der Waals surface area contributed by atoms with E-state index in [0.29, 0.717) is 12.2 Å². The molecule has 1 aromatic heterocycles. The fourth-order valence-electron chi connectivity index (χ4n) is 2.61. The van der Waals surface area contributed by atoms with Crippen molar-refractivity contribution in [2.75, 3.05) is 11.9 Å². The van der Waals surface area contributed by atoms with Crippen molar-refractivity contribution in [3.8, 4) is 5.69 Å². The van der Waals surface area contributed by atoms with Gasteiger partial charge in [-0.25, -0.2) is 4.98 Å². The first-order chi connectivity index (χ1) is 11.6. The first-order valence-electron chi connectivity index (χ1n) is 7.74. The normalized spacial score (nSPS) is 10.6. The molecular weight excluding hydrogens is 304 g/mol. The van der Waals surface area contributed by atoms with Crippen LogP contribution in [0.2, 0.25) is 0 Å². The molecule has 0 bridgehead atoms. The summed E-state index contributed by atoms with van der Waals surface area (Å²) in [5.41, 5.74) is 3.26. The number of amides is 2. The summed E-state index contributed by atoms with van der Waals surface area (Å²) < 4.78 is 2.05. The molecule has 3 aromatic rings. The molecule has 122 valence electrons. The van der Waals surface area contributed by atoms with E-state index in [1.807, 2.05) is 47.9 Å². The molecule has 0 saturated carbocycles. The minimum Gasteiger partial charge on any atom is -0.348 e. The van der Waals surface area contributed by atoms with Crippen LogP contribution >= 0.6 is 0 Å². The highest BCUT2D eigenvalue weighted by molar-refractivity contribution is 6.39. The molecule has 0 fully saturated rings. The monoisotopic (exact) mass is 322 g/mol. The molecule has 2 aromatic carbocycles. The highest BCUT2D eigenvalue weighted by atomic mass is 16.2. The third-order valence-electron chi connectivity index (χ3n) is 3.64. The van der Waals surface area contributed by atoms with Gasteiger partial charge in [0.2, 0.25) is 0 Å². The van der Waals surface area contributed by atoms with Gasteiger partial charge in [-0.1, -0.05) is 18.2 Å². The summed E-state index contributed by atoms with van der Waals surface area (Å²) >= 11 is 0. The van der Waals surface area contributed by atoms with Crippen LogP contribution in [-0.4, -0.2) is 27.9 Å². The Bertz CT molecular complexity index is 900. The number of anilines is 1. The van der Waals surface area contributed by atoms with Crippen molar-refractivity contribution >= 4 is 28.5 Å². The van der Waals surface area contributed by atoms with Crippen molar-refractivity contribution in [2.24, 2.45) is 0 Å². The molecule has 2 amide bonds. The van der Waals surface area contributed by atoms with Crippen LogP contribution in [0.4, 0.5) is 5.69 Å². The van der Waals surface area contributed by atoms with Crippen LogP contribution < -0.4 is 10.6 Å². The topological polar surface area (TPSA) is 76.0 Å². The lowest BCUT2D eigenvalue weighted by atomic mass is 10.2. The number of carbonyl (C=O) groups excluding carboxylic acids is 2. The highest BCUT2D eigenvalue weighted by Crippen LogP contribution is 2.23. The lowest BCUT2D eigenvalue weighted by Gasteiger charge is -2.07. The van der Waals surface area contributed by atoms with Gasteiger partial charge in [-0.3, -0.25) is 14.2 Å². The van der Waals surface area contributed by atoms with E-state index in [4.69, 9.17) is 0 Å². The molecule has 3 rings (SSSR count). The van der Waals surface area contributed by atoms with Crippen LogP contribution in [-0.2, 0) is 9.59 Å². The van der Waals surface area contributed by atoms with E-state index in [-0.39, 0.29) is 0 Å². The highest BCUT2D eigenvalue weighted by Gasteiger charge is 2.14.